The molecule has 12 heteroatoms. The number of benzene rings is 2. The van der Waals surface area contributed by atoms with E-state index in [9.17, 15) is 23.8 Å². The fourth-order valence-electron chi connectivity index (χ4n) is 5.76. The number of hydrogen-bond acceptors (Lipinski definition) is 7. The second-order valence-corrected chi connectivity index (χ2v) is 10.6. The molecule has 6 unspecified atom stereocenters. The van der Waals surface area contributed by atoms with Gasteiger partial charge in [-0.3, -0.25) is 9.48 Å². The Balaban J connectivity index is 0.000000188. The number of hydrogen-bond donors (Lipinski definition) is 3. The van der Waals surface area contributed by atoms with Crippen molar-refractivity contribution in [3.63, 3.8) is 0 Å². The van der Waals surface area contributed by atoms with E-state index in [1.165, 1.54) is 18.2 Å². The molecule has 1 aliphatic carbocycles. The highest BCUT2D eigenvalue weighted by Crippen LogP contribution is 2.32. The Bertz CT molecular complexity index is 1460. The molecule has 0 bridgehead atoms. The lowest BCUT2D eigenvalue weighted by Gasteiger charge is -2.37. The first-order valence-electron chi connectivity index (χ1n) is 14.8. The topological polar surface area (TPSA) is 127 Å². The molecule has 0 spiro atoms. The van der Waals surface area contributed by atoms with Crippen LogP contribution in [0.25, 0.3) is 22.2 Å². The van der Waals surface area contributed by atoms with Crippen molar-refractivity contribution in [2.45, 2.75) is 89.3 Å². The third kappa shape index (κ3) is 7.62. The van der Waals surface area contributed by atoms with Crippen molar-refractivity contribution in [1.29, 1.82) is 0 Å². The lowest BCUT2D eigenvalue weighted by molar-refractivity contribution is -0.150. The molecule has 4 aromatic rings. The number of amides is 1. The van der Waals surface area contributed by atoms with Gasteiger partial charge in [-0.15, -0.1) is 5.10 Å². The minimum absolute atomic E-state index is 0.104. The number of aliphatic hydroxyl groups excluding tert-OH is 2. The van der Waals surface area contributed by atoms with E-state index >= 15 is 0 Å². The average Bonchev–Trinajstić information content (AvgIpc) is 3.69. The molecule has 3 heterocycles. The Morgan fingerprint density at radius 3 is 2.67 bits per heavy atom. The highest BCUT2D eigenvalue weighted by molar-refractivity contribution is 5.79. The zero-order valence-electron chi connectivity index (χ0n) is 24.7. The van der Waals surface area contributed by atoms with Crippen LogP contribution in [0.5, 0.6) is 0 Å². The molecule has 2 fully saturated rings. The van der Waals surface area contributed by atoms with Crippen LogP contribution < -0.4 is 5.32 Å². The summed E-state index contributed by atoms with van der Waals surface area (Å²) in [6.07, 6.45) is 6.88. The van der Waals surface area contributed by atoms with Gasteiger partial charge in [0.1, 0.15) is 29.5 Å². The van der Waals surface area contributed by atoms with Crippen LogP contribution in [0.2, 0.25) is 0 Å². The molecule has 2 aromatic carbocycles. The summed E-state index contributed by atoms with van der Waals surface area (Å²) in [5, 5.41) is 35.4. The second kappa shape index (κ2) is 15.1. The molecule has 10 nitrogen and oxygen atoms in total. The summed E-state index contributed by atoms with van der Waals surface area (Å²) in [6, 6.07) is 11.2. The molecule has 1 saturated carbocycles. The van der Waals surface area contributed by atoms with Crippen molar-refractivity contribution in [2.75, 3.05) is 6.61 Å². The van der Waals surface area contributed by atoms with Gasteiger partial charge in [-0.1, -0.05) is 37.3 Å². The largest absolute Gasteiger partial charge is 0.394 e. The van der Waals surface area contributed by atoms with E-state index < -0.39 is 12.2 Å². The average molecular weight is 599 g/mol. The zero-order valence-corrected chi connectivity index (χ0v) is 24.7. The van der Waals surface area contributed by atoms with E-state index in [0.717, 1.165) is 37.6 Å². The van der Waals surface area contributed by atoms with Crippen molar-refractivity contribution in [2.24, 2.45) is 0 Å². The van der Waals surface area contributed by atoms with Gasteiger partial charge < -0.3 is 20.3 Å². The molecular formula is C31H40F2N6O4. The van der Waals surface area contributed by atoms with Crippen molar-refractivity contribution < 1.29 is 28.5 Å². The molecule has 1 saturated heterocycles. The van der Waals surface area contributed by atoms with E-state index in [4.69, 9.17) is 4.74 Å². The predicted octanol–water partition coefficient (Wildman–Crippen LogP) is 4.59. The lowest BCUT2D eigenvalue weighted by Crippen LogP contribution is -2.47. The van der Waals surface area contributed by atoms with Crippen LogP contribution >= 0.6 is 0 Å². The van der Waals surface area contributed by atoms with Gasteiger partial charge in [0.2, 0.25) is 6.41 Å². The van der Waals surface area contributed by atoms with Gasteiger partial charge in [-0.2, -0.15) is 5.10 Å². The third-order valence-electron chi connectivity index (χ3n) is 7.79. The number of nitrogens with one attached hydrogen (secondary N) is 1. The molecule has 1 aliphatic heterocycles. The normalized spacial score (nSPS) is 25.2. The Kier molecular flexibility index (Phi) is 11.3. The van der Waals surface area contributed by atoms with Crippen LogP contribution in [-0.4, -0.2) is 72.4 Å². The van der Waals surface area contributed by atoms with Crippen LogP contribution in [0, 0.1) is 11.6 Å². The molecule has 6 rings (SSSR count). The Labute approximate surface area is 249 Å². The van der Waals surface area contributed by atoms with Crippen LogP contribution in [0.3, 0.4) is 0 Å². The number of rotatable bonds is 6. The van der Waals surface area contributed by atoms with Gasteiger partial charge >= 0.3 is 0 Å². The highest BCUT2D eigenvalue weighted by atomic mass is 19.1. The molecule has 6 atom stereocenters. The second-order valence-electron chi connectivity index (χ2n) is 10.6. The van der Waals surface area contributed by atoms with Crippen molar-refractivity contribution in [3.05, 3.63) is 66.5 Å². The van der Waals surface area contributed by atoms with E-state index in [0.29, 0.717) is 23.1 Å². The molecule has 2 aliphatic rings. The first kappa shape index (κ1) is 32.2. The molecular weight excluding hydrogens is 558 g/mol. The van der Waals surface area contributed by atoms with E-state index in [1.54, 1.807) is 35.3 Å². The third-order valence-corrected chi connectivity index (χ3v) is 7.79. The van der Waals surface area contributed by atoms with Crippen LogP contribution in [-0.2, 0) is 9.53 Å². The first-order valence-corrected chi connectivity index (χ1v) is 14.8. The smallest absolute Gasteiger partial charge is 0.207 e. The number of fused-ring (bicyclic) bond motifs is 1. The summed E-state index contributed by atoms with van der Waals surface area (Å²) >= 11 is 0. The predicted molar refractivity (Wildman–Crippen MR) is 158 cm³/mol. The highest BCUT2D eigenvalue weighted by Gasteiger charge is 2.37. The summed E-state index contributed by atoms with van der Waals surface area (Å²) in [6.45, 7) is 5.62. The number of halogens is 2. The Morgan fingerprint density at radius 2 is 1.93 bits per heavy atom. The Morgan fingerprint density at radius 1 is 1.14 bits per heavy atom. The summed E-state index contributed by atoms with van der Waals surface area (Å²) < 4.78 is 35.9. The summed E-state index contributed by atoms with van der Waals surface area (Å²) in [5.41, 5.74) is 1.99. The van der Waals surface area contributed by atoms with Gasteiger partial charge in [0, 0.05) is 11.6 Å². The van der Waals surface area contributed by atoms with E-state index in [-0.39, 0.29) is 42.5 Å². The number of carbonyl (C=O) groups is 1. The zero-order chi connectivity index (χ0) is 30.9. The quantitative estimate of drug-likeness (QED) is 0.277. The van der Waals surface area contributed by atoms with Gasteiger partial charge in [0.05, 0.1) is 48.1 Å². The van der Waals surface area contributed by atoms with Crippen LogP contribution in [0.4, 0.5) is 8.78 Å². The molecule has 2 aromatic heterocycles. The summed E-state index contributed by atoms with van der Waals surface area (Å²) in [5.74, 6) is -0.575. The maximum atomic E-state index is 13.7. The Hall–Kier alpha value is -3.74. The number of nitrogens with zero attached hydrogens (tertiary/aromatic N) is 5. The molecule has 1 amide bonds. The monoisotopic (exact) mass is 598 g/mol. The lowest BCUT2D eigenvalue weighted by atomic mass is 9.91. The van der Waals surface area contributed by atoms with E-state index in [2.05, 4.69) is 20.7 Å². The number of aromatic nitrogens is 5. The van der Waals surface area contributed by atoms with Gasteiger partial charge in [0.15, 0.2) is 0 Å². The maximum Gasteiger partial charge on any atom is 0.207 e. The molecule has 232 valence electrons. The molecule has 0 radical (unpaired) electrons. The van der Waals surface area contributed by atoms with Gasteiger partial charge in [0.25, 0.3) is 0 Å². The van der Waals surface area contributed by atoms with Crippen molar-refractivity contribution >= 4 is 17.3 Å². The fourth-order valence-corrected chi connectivity index (χ4v) is 5.76. The fraction of sp³-hybridized carbons (Fsp3) is 0.484. The first-order chi connectivity index (χ1) is 20.9. The standard InChI is InChI=1S/C15H18FN3O3.C14H16FN3O.C2H6/c1-9-5-13(15(21)14(8-20)22-9)19-7-12(17-18-19)10-3-2-4-11(16)6-10;15-13-5-2-6-14-12(13)8-17-18(14)11-4-1-3-10(7-11)16-9-19;1-2/h2-4,6-7,9,13-15,20-21H,5,8H2,1H3;2,5-6,8-11H,1,3-4,7H2,(H,16,19);1-2H3. The van der Waals surface area contributed by atoms with Gasteiger partial charge in [-0.05, 0) is 63.3 Å². The molecule has 3 N–H and O–H groups in total. The minimum atomic E-state index is -0.872. The van der Waals surface area contributed by atoms with Crippen molar-refractivity contribution in [1.82, 2.24) is 30.1 Å². The molecule has 43 heavy (non-hydrogen) atoms. The minimum Gasteiger partial charge on any atom is -0.394 e. The number of ether oxygens (including phenoxy) is 1. The number of carbonyl (C=O) groups excluding carboxylic acids is 1. The van der Waals surface area contributed by atoms with Crippen LogP contribution in [0.1, 0.15) is 65.0 Å². The maximum absolute atomic E-state index is 13.7. The number of aliphatic hydroxyl groups is 2. The summed E-state index contributed by atoms with van der Waals surface area (Å²) in [7, 11) is 0. The van der Waals surface area contributed by atoms with Crippen molar-refractivity contribution in [3.8, 4) is 11.3 Å². The summed E-state index contributed by atoms with van der Waals surface area (Å²) in [4.78, 5) is 10.5. The van der Waals surface area contributed by atoms with Gasteiger partial charge in [-0.25, -0.2) is 13.5 Å². The van der Waals surface area contributed by atoms with E-state index in [1.807, 2.05) is 31.5 Å². The SMILES string of the molecule is CC.CC1CC(n2cc(-c3cccc(F)c3)nn2)C(O)C(CO)O1.O=CNC1CCCC(n2ncc3c(F)cccc32)C1. The van der Waals surface area contributed by atoms with Crippen LogP contribution in [0.15, 0.2) is 54.9 Å².